The minimum atomic E-state index is -1.54. The van der Waals surface area contributed by atoms with Crippen LogP contribution in [0.25, 0.3) is 0 Å². The number of hydrogen-bond acceptors (Lipinski definition) is 9. The highest BCUT2D eigenvalue weighted by molar-refractivity contribution is 7.98. The second-order valence-corrected chi connectivity index (χ2v) is 7.66. The number of aliphatic carboxylic acids is 1. The van der Waals surface area contributed by atoms with Crippen molar-refractivity contribution in [1.29, 1.82) is 0 Å². The van der Waals surface area contributed by atoms with Gasteiger partial charge in [0.2, 0.25) is 17.7 Å². The lowest BCUT2D eigenvalue weighted by Crippen LogP contribution is -2.59. The van der Waals surface area contributed by atoms with Crippen LogP contribution in [0.4, 0.5) is 0 Å². The number of amides is 3. The van der Waals surface area contributed by atoms with Crippen molar-refractivity contribution in [2.75, 3.05) is 23.5 Å². The Labute approximate surface area is 179 Å². The molecular formula is C15H28N4O6S3. The summed E-state index contributed by atoms with van der Waals surface area (Å²) in [6.07, 6.45) is 0.793. The third kappa shape index (κ3) is 9.37. The van der Waals surface area contributed by atoms with Crippen LogP contribution in [-0.4, -0.2) is 87.7 Å². The molecule has 0 spiro atoms. The third-order valence-corrected chi connectivity index (χ3v) is 5.04. The molecule has 162 valence electrons. The predicted molar refractivity (Wildman–Crippen MR) is 114 cm³/mol. The van der Waals surface area contributed by atoms with Gasteiger partial charge in [-0.05, 0) is 25.4 Å². The van der Waals surface area contributed by atoms with Crippen LogP contribution >= 0.6 is 37.0 Å². The molecule has 0 aliphatic heterocycles. The van der Waals surface area contributed by atoms with E-state index >= 15 is 0 Å². The lowest BCUT2D eigenvalue weighted by atomic mass is 10.1. The first kappa shape index (κ1) is 26.9. The van der Waals surface area contributed by atoms with Gasteiger partial charge in [-0.1, -0.05) is 0 Å². The van der Waals surface area contributed by atoms with E-state index in [1.54, 1.807) is 0 Å². The first-order valence-corrected chi connectivity index (χ1v) is 11.0. The van der Waals surface area contributed by atoms with Crippen molar-refractivity contribution in [2.45, 2.75) is 43.6 Å². The molecular weight excluding hydrogens is 428 g/mol. The highest BCUT2D eigenvalue weighted by Gasteiger charge is 2.31. The Balaban J connectivity index is 5.13. The number of thioether (sulfide) groups is 1. The summed E-state index contributed by atoms with van der Waals surface area (Å²) in [7, 11) is 0. The van der Waals surface area contributed by atoms with E-state index in [0.29, 0.717) is 12.2 Å². The van der Waals surface area contributed by atoms with Crippen LogP contribution in [-0.2, 0) is 19.2 Å². The Hall–Kier alpha value is -1.15. The fourth-order valence-corrected chi connectivity index (χ4v) is 2.87. The van der Waals surface area contributed by atoms with Gasteiger partial charge in [0, 0.05) is 11.5 Å². The molecule has 0 aliphatic rings. The van der Waals surface area contributed by atoms with Crippen LogP contribution in [0, 0.1) is 0 Å². The molecule has 0 aromatic rings. The average molecular weight is 457 g/mol. The van der Waals surface area contributed by atoms with E-state index in [9.17, 15) is 24.3 Å². The molecule has 0 fully saturated rings. The van der Waals surface area contributed by atoms with Gasteiger partial charge in [-0.15, -0.1) is 0 Å². The molecule has 0 aromatic carbocycles. The van der Waals surface area contributed by atoms with Crippen molar-refractivity contribution < 1.29 is 29.4 Å². The quantitative estimate of drug-likeness (QED) is 0.145. The summed E-state index contributed by atoms with van der Waals surface area (Å²) >= 11 is 9.41. The van der Waals surface area contributed by atoms with E-state index in [2.05, 4.69) is 41.2 Å². The monoisotopic (exact) mass is 456 g/mol. The lowest BCUT2D eigenvalue weighted by molar-refractivity contribution is -0.145. The first-order chi connectivity index (χ1) is 13.1. The van der Waals surface area contributed by atoms with Crippen molar-refractivity contribution in [1.82, 2.24) is 16.0 Å². The van der Waals surface area contributed by atoms with E-state index in [-0.39, 0.29) is 11.5 Å². The standard InChI is InChI=1S/C15H28N4O6S3/c1-7(20)11(15(24)25)19-14(23)10(6-27)18-13(22)9(3-4-28-2)17-12(21)8(16)5-26/h7-11,20,26-27H,3-6,16H2,1-2H3,(H,17,21)(H,18,22)(H,19,23)(H,24,25). The average Bonchev–Trinajstić information content (AvgIpc) is 2.65. The van der Waals surface area contributed by atoms with Crippen LogP contribution in [0.3, 0.4) is 0 Å². The SMILES string of the molecule is CSCCC(NC(=O)C(N)CS)C(=O)NC(CS)C(=O)NC(C(=O)O)C(C)O. The fraction of sp³-hybridized carbons (Fsp3) is 0.733. The molecule has 3 amide bonds. The summed E-state index contributed by atoms with van der Waals surface area (Å²) in [5, 5.41) is 25.6. The van der Waals surface area contributed by atoms with E-state index in [1.165, 1.54) is 18.7 Å². The first-order valence-electron chi connectivity index (χ1n) is 8.37. The van der Waals surface area contributed by atoms with Crippen LogP contribution in [0.5, 0.6) is 0 Å². The summed E-state index contributed by atoms with van der Waals surface area (Å²) in [5.41, 5.74) is 5.60. The topological polar surface area (TPSA) is 171 Å². The Morgan fingerprint density at radius 3 is 1.96 bits per heavy atom. The fourth-order valence-electron chi connectivity index (χ4n) is 1.98. The normalized spacial score (nSPS) is 16.2. The number of thiol groups is 2. The van der Waals surface area contributed by atoms with Crippen LogP contribution in [0.1, 0.15) is 13.3 Å². The number of nitrogens with two attached hydrogens (primary N) is 1. The molecule has 13 heteroatoms. The molecule has 7 N–H and O–H groups in total. The molecule has 0 aromatic heterocycles. The van der Waals surface area contributed by atoms with Gasteiger partial charge < -0.3 is 31.9 Å². The number of carboxylic acid groups (broad SMARTS) is 1. The molecule has 10 nitrogen and oxygen atoms in total. The van der Waals surface area contributed by atoms with Crippen molar-refractivity contribution in [3.8, 4) is 0 Å². The third-order valence-electron chi connectivity index (χ3n) is 3.64. The number of aliphatic hydroxyl groups excluding tert-OH is 1. The summed E-state index contributed by atoms with van der Waals surface area (Å²) < 4.78 is 0. The van der Waals surface area contributed by atoms with E-state index < -0.39 is 54.0 Å². The molecule has 0 saturated carbocycles. The maximum Gasteiger partial charge on any atom is 0.328 e. The van der Waals surface area contributed by atoms with Gasteiger partial charge in [-0.2, -0.15) is 37.0 Å². The van der Waals surface area contributed by atoms with Gasteiger partial charge in [-0.25, -0.2) is 4.79 Å². The van der Waals surface area contributed by atoms with Gasteiger partial charge in [0.15, 0.2) is 6.04 Å². The summed E-state index contributed by atoms with van der Waals surface area (Å²) in [5.74, 6) is -2.88. The maximum atomic E-state index is 12.5. The zero-order chi connectivity index (χ0) is 21.9. The molecule has 5 unspecified atom stereocenters. The minimum Gasteiger partial charge on any atom is -0.480 e. The molecule has 0 radical (unpaired) electrons. The highest BCUT2D eigenvalue weighted by Crippen LogP contribution is 2.04. The Bertz CT molecular complexity index is 552. The van der Waals surface area contributed by atoms with E-state index in [4.69, 9.17) is 10.8 Å². The second-order valence-electron chi connectivity index (χ2n) is 5.94. The lowest BCUT2D eigenvalue weighted by Gasteiger charge is -2.24. The minimum absolute atomic E-state index is 0.0975. The van der Waals surface area contributed by atoms with Crippen molar-refractivity contribution in [3.05, 3.63) is 0 Å². The van der Waals surface area contributed by atoms with Crippen LogP contribution in [0.15, 0.2) is 0 Å². The molecule has 0 bridgehead atoms. The zero-order valence-corrected chi connectivity index (χ0v) is 18.2. The Morgan fingerprint density at radius 1 is 1.00 bits per heavy atom. The molecule has 0 aliphatic carbocycles. The van der Waals surface area contributed by atoms with Crippen molar-refractivity contribution in [3.63, 3.8) is 0 Å². The van der Waals surface area contributed by atoms with Crippen molar-refractivity contribution in [2.24, 2.45) is 5.73 Å². The summed E-state index contributed by atoms with van der Waals surface area (Å²) in [6.45, 7) is 1.21. The van der Waals surface area contributed by atoms with Gasteiger partial charge in [0.05, 0.1) is 12.1 Å². The summed E-state index contributed by atoms with van der Waals surface area (Å²) in [4.78, 5) is 47.9. The number of aliphatic hydroxyl groups is 1. The molecule has 0 saturated heterocycles. The number of carbonyl (C=O) groups excluding carboxylic acids is 3. The highest BCUT2D eigenvalue weighted by atomic mass is 32.2. The van der Waals surface area contributed by atoms with Crippen LogP contribution in [0.2, 0.25) is 0 Å². The largest absolute Gasteiger partial charge is 0.480 e. The van der Waals surface area contributed by atoms with E-state index in [1.807, 2.05) is 6.26 Å². The maximum absolute atomic E-state index is 12.5. The van der Waals surface area contributed by atoms with Crippen LogP contribution < -0.4 is 21.7 Å². The van der Waals surface area contributed by atoms with E-state index in [0.717, 1.165) is 0 Å². The number of carbonyl (C=O) groups is 4. The van der Waals surface area contributed by atoms with Gasteiger partial charge >= 0.3 is 5.97 Å². The Morgan fingerprint density at radius 2 is 1.54 bits per heavy atom. The number of rotatable bonds is 13. The van der Waals surface area contributed by atoms with Gasteiger partial charge in [-0.3, -0.25) is 14.4 Å². The second kappa shape index (κ2) is 13.9. The number of carboxylic acids is 1. The Kier molecular flexibility index (Phi) is 13.4. The molecule has 28 heavy (non-hydrogen) atoms. The number of hydrogen-bond donors (Lipinski definition) is 8. The smallest absolute Gasteiger partial charge is 0.328 e. The van der Waals surface area contributed by atoms with Gasteiger partial charge in [0.25, 0.3) is 0 Å². The summed E-state index contributed by atoms with van der Waals surface area (Å²) in [6, 6.07) is -4.52. The number of nitrogens with one attached hydrogen (secondary N) is 3. The van der Waals surface area contributed by atoms with Crippen molar-refractivity contribution >= 4 is 60.7 Å². The van der Waals surface area contributed by atoms with Gasteiger partial charge in [0.1, 0.15) is 12.1 Å². The zero-order valence-electron chi connectivity index (χ0n) is 15.6. The predicted octanol–water partition coefficient (Wildman–Crippen LogP) is -2.15. The molecule has 5 atom stereocenters. The molecule has 0 rings (SSSR count). The molecule has 0 heterocycles.